The number of nitrogens with zero attached hydrogens (tertiary/aromatic N) is 2. The lowest BCUT2D eigenvalue weighted by Crippen LogP contribution is -2.26. The number of likely N-dealkylation sites (N-methyl/N-ethyl adjacent to an activating group) is 1. The number of halogens is 2. The second-order valence-electron chi connectivity index (χ2n) is 4.71. The first-order valence-corrected chi connectivity index (χ1v) is 8.09. The van der Waals surface area contributed by atoms with Crippen LogP contribution in [0.3, 0.4) is 0 Å². The number of benzene rings is 1. The highest BCUT2D eigenvalue weighted by molar-refractivity contribution is 9.10. The first-order valence-electron chi connectivity index (χ1n) is 6.92. The van der Waals surface area contributed by atoms with E-state index in [0.29, 0.717) is 11.6 Å². The number of hydrogen-bond donors (Lipinski definition) is 1. The molecule has 1 heterocycles. The molecule has 114 valence electrons. The highest BCUT2D eigenvalue weighted by Crippen LogP contribution is 2.25. The lowest BCUT2D eigenvalue weighted by atomic mass is 10.2. The molecule has 1 unspecified atom stereocenters. The Labute approximate surface area is 138 Å². The van der Waals surface area contributed by atoms with Gasteiger partial charge < -0.3 is 10.1 Å². The van der Waals surface area contributed by atoms with Crippen LogP contribution in [0.4, 0.5) is 0 Å². The summed E-state index contributed by atoms with van der Waals surface area (Å²) in [5.41, 5.74) is 1.10. The minimum Gasteiger partial charge on any atom is -0.491 e. The summed E-state index contributed by atoms with van der Waals surface area (Å²) in [6.07, 6.45) is 2.86. The Hall–Kier alpha value is -1.04. The van der Waals surface area contributed by atoms with Crippen molar-refractivity contribution >= 4 is 27.5 Å². The van der Waals surface area contributed by atoms with Gasteiger partial charge in [-0.15, -0.1) is 0 Å². The topological polar surface area (TPSA) is 39.1 Å². The molecule has 2 rings (SSSR count). The molecule has 0 amide bonds. The fraction of sp³-hybridized carbons (Fsp3) is 0.400. The number of aromatic nitrogens is 2. The molecule has 0 aliphatic rings. The molecule has 0 radical (unpaired) electrons. The zero-order chi connectivity index (χ0) is 15.2. The summed E-state index contributed by atoms with van der Waals surface area (Å²) < 4.78 is 8.84. The normalized spacial score (nSPS) is 12.4. The van der Waals surface area contributed by atoms with Gasteiger partial charge in [-0.05, 0) is 47.6 Å². The molecule has 2 aromatic rings. The second-order valence-corrected chi connectivity index (χ2v) is 6.00. The van der Waals surface area contributed by atoms with Crippen LogP contribution in [0, 0.1) is 0 Å². The Balaban J connectivity index is 2.11. The van der Waals surface area contributed by atoms with Gasteiger partial charge in [0.05, 0.1) is 22.4 Å². The van der Waals surface area contributed by atoms with Crippen molar-refractivity contribution in [2.45, 2.75) is 25.9 Å². The van der Waals surface area contributed by atoms with E-state index in [1.54, 1.807) is 0 Å². The molecular formula is C15H19BrClN3O. The average Bonchev–Trinajstić information content (AvgIpc) is 2.82. The third-order valence-electron chi connectivity index (χ3n) is 3.16. The molecule has 6 heteroatoms. The molecule has 0 saturated carbocycles. The third kappa shape index (κ3) is 4.22. The van der Waals surface area contributed by atoms with Gasteiger partial charge in [0, 0.05) is 11.6 Å². The Morgan fingerprint density at radius 3 is 2.95 bits per heavy atom. The third-order valence-corrected chi connectivity index (χ3v) is 4.01. The molecular weight excluding hydrogens is 354 g/mol. The van der Waals surface area contributed by atoms with Gasteiger partial charge >= 0.3 is 0 Å². The van der Waals surface area contributed by atoms with Crippen molar-refractivity contribution in [1.82, 2.24) is 15.1 Å². The Bertz CT molecular complexity index is 588. The number of rotatable bonds is 7. The lowest BCUT2D eigenvalue weighted by Gasteiger charge is -2.19. The fourth-order valence-corrected chi connectivity index (χ4v) is 2.90. The van der Waals surface area contributed by atoms with Gasteiger partial charge in [-0.25, -0.2) is 0 Å². The van der Waals surface area contributed by atoms with E-state index in [1.807, 2.05) is 42.2 Å². The second kappa shape index (κ2) is 7.82. The van der Waals surface area contributed by atoms with Gasteiger partial charge in [0.25, 0.3) is 0 Å². The standard InChI is InChI=1S/C15H19BrClN3O/c1-3-7-20-15(13(16)9-19-20)14(18-2)10-21-12-6-4-5-11(17)8-12/h4-6,8-9,14,18H,3,7,10H2,1-2H3. The van der Waals surface area contributed by atoms with Crippen molar-refractivity contribution in [2.75, 3.05) is 13.7 Å². The summed E-state index contributed by atoms with van der Waals surface area (Å²) in [4.78, 5) is 0. The number of hydrogen-bond acceptors (Lipinski definition) is 3. The number of ether oxygens (including phenoxy) is 1. The number of nitrogens with one attached hydrogen (secondary N) is 1. The molecule has 1 aromatic heterocycles. The first kappa shape index (κ1) is 16.3. The molecule has 0 spiro atoms. The van der Waals surface area contributed by atoms with Crippen LogP contribution >= 0.6 is 27.5 Å². The van der Waals surface area contributed by atoms with Gasteiger partial charge in [0.15, 0.2) is 0 Å². The van der Waals surface area contributed by atoms with E-state index in [4.69, 9.17) is 16.3 Å². The van der Waals surface area contributed by atoms with Gasteiger partial charge in [-0.2, -0.15) is 5.10 Å². The largest absolute Gasteiger partial charge is 0.491 e. The van der Waals surface area contributed by atoms with Crippen LogP contribution in [0.2, 0.25) is 5.02 Å². The first-order chi connectivity index (χ1) is 10.2. The molecule has 1 N–H and O–H groups in total. The summed E-state index contributed by atoms with van der Waals surface area (Å²) in [5, 5.41) is 8.35. The van der Waals surface area contributed by atoms with Crippen molar-refractivity contribution in [1.29, 1.82) is 0 Å². The minimum absolute atomic E-state index is 0.0485. The van der Waals surface area contributed by atoms with Crippen molar-refractivity contribution in [3.05, 3.63) is 45.7 Å². The fourth-order valence-electron chi connectivity index (χ4n) is 2.14. The summed E-state index contributed by atoms with van der Waals surface area (Å²) in [6.45, 7) is 3.53. The highest BCUT2D eigenvalue weighted by atomic mass is 79.9. The van der Waals surface area contributed by atoms with Gasteiger partial charge in [-0.1, -0.05) is 24.6 Å². The molecule has 1 atom stereocenters. The smallest absolute Gasteiger partial charge is 0.120 e. The summed E-state index contributed by atoms with van der Waals surface area (Å²) in [6, 6.07) is 7.47. The van der Waals surface area contributed by atoms with Crippen molar-refractivity contribution in [3.63, 3.8) is 0 Å². The van der Waals surface area contributed by atoms with E-state index in [1.165, 1.54) is 0 Å². The highest BCUT2D eigenvalue weighted by Gasteiger charge is 2.19. The van der Waals surface area contributed by atoms with E-state index in [2.05, 4.69) is 33.3 Å². The molecule has 4 nitrogen and oxygen atoms in total. The van der Waals surface area contributed by atoms with E-state index in [0.717, 1.165) is 28.9 Å². The van der Waals surface area contributed by atoms with Crippen molar-refractivity contribution in [3.8, 4) is 5.75 Å². The molecule has 0 aliphatic carbocycles. The zero-order valence-electron chi connectivity index (χ0n) is 12.1. The molecule has 21 heavy (non-hydrogen) atoms. The molecule has 1 aromatic carbocycles. The van der Waals surface area contributed by atoms with Crippen molar-refractivity contribution < 1.29 is 4.74 Å². The Morgan fingerprint density at radius 2 is 2.29 bits per heavy atom. The predicted molar refractivity (Wildman–Crippen MR) is 89.0 cm³/mol. The predicted octanol–water partition coefficient (Wildman–Crippen LogP) is 4.05. The molecule has 0 aliphatic heterocycles. The minimum atomic E-state index is 0.0485. The summed E-state index contributed by atoms with van der Waals surface area (Å²) in [5.74, 6) is 0.764. The maximum absolute atomic E-state index is 5.97. The SMILES string of the molecule is CCCn1ncc(Br)c1C(COc1cccc(Cl)c1)NC. The van der Waals surface area contributed by atoms with Crippen molar-refractivity contribution in [2.24, 2.45) is 0 Å². The van der Waals surface area contributed by atoms with Gasteiger partial charge in [0.2, 0.25) is 0 Å². The summed E-state index contributed by atoms with van der Waals surface area (Å²) in [7, 11) is 1.92. The van der Waals surface area contributed by atoms with E-state index in [-0.39, 0.29) is 6.04 Å². The molecule has 0 fully saturated rings. The Kier molecular flexibility index (Phi) is 6.08. The van der Waals surface area contributed by atoms with E-state index >= 15 is 0 Å². The average molecular weight is 373 g/mol. The van der Waals surface area contributed by atoms with Crippen LogP contribution in [-0.2, 0) is 6.54 Å². The zero-order valence-corrected chi connectivity index (χ0v) is 14.5. The van der Waals surface area contributed by atoms with Gasteiger partial charge in [-0.3, -0.25) is 4.68 Å². The quantitative estimate of drug-likeness (QED) is 0.797. The van der Waals surface area contributed by atoms with E-state index in [9.17, 15) is 0 Å². The van der Waals surface area contributed by atoms with Gasteiger partial charge in [0.1, 0.15) is 12.4 Å². The molecule has 0 bridgehead atoms. The van der Waals surface area contributed by atoms with Crippen LogP contribution in [0.25, 0.3) is 0 Å². The van der Waals surface area contributed by atoms with E-state index < -0.39 is 0 Å². The monoisotopic (exact) mass is 371 g/mol. The maximum atomic E-state index is 5.97. The van der Waals surface area contributed by atoms with Crippen LogP contribution < -0.4 is 10.1 Å². The van der Waals surface area contributed by atoms with Crippen LogP contribution in [0.5, 0.6) is 5.75 Å². The Morgan fingerprint density at radius 1 is 1.48 bits per heavy atom. The summed E-state index contributed by atoms with van der Waals surface area (Å²) >= 11 is 9.53. The van der Waals surface area contributed by atoms with Crippen LogP contribution in [-0.4, -0.2) is 23.4 Å². The van der Waals surface area contributed by atoms with Crippen LogP contribution in [0.1, 0.15) is 25.1 Å². The number of aryl methyl sites for hydroxylation is 1. The molecule has 0 saturated heterocycles. The maximum Gasteiger partial charge on any atom is 0.120 e. The lowest BCUT2D eigenvalue weighted by molar-refractivity contribution is 0.265. The van der Waals surface area contributed by atoms with Crippen LogP contribution in [0.15, 0.2) is 34.9 Å².